The van der Waals surface area contributed by atoms with Gasteiger partial charge in [0.05, 0.1) is 30.7 Å². The second kappa shape index (κ2) is 11.7. The quantitative estimate of drug-likeness (QED) is 0.254. The van der Waals surface area contributed by atoms with Crippen LogP contribution >= 0.6 is 11.6 Å². The molecule has 2 N–H and O–H groups in total. The van der Waals surface area contributed by atoms with Gasteiger partial charge in [0, 0.05) is 48.8 Å². The van der Waals surface area contributed by atoms with Gasteiger partial charge in [0.2, 0.25) is 11.8 Å². The summed E-state index contributed by atoms with van der Waals surface area (Å²) in [4.78, 5) is 42.4. The van der Waals surface area contributed by atoms with E-state index in [9.17, 15) is 19.5 Å². The van der Waals surface area contributed by atoms with Crippen LogP contribution in [0.3, 0.4) is 0 Å². The molecule has 2 atom stereocenters. The van der Waals surface area contributed by atoms with Gasteiger partial charge in [-0.05, 0) is 49.1 Å². The van der Waals surface area contributed by atoms with E-state index in [4.69, 9.17) is 21.1 Å². The highest BCUT2D eigenvalue weighted by Gasteiger charge is 2.39. The minimum Gasteiger partial charge on any atom is -0.507 e. The predicted molar refractivity (Wildman–Crippen MR) is 161 cm³/mol. The maximum atomic E-state index is 13.2. The number of ether oxygens (including phenoxy) is 2. The largest absolute Gasteiger partial charge is 0.507 e. The molecule has 6 rings (SSSR count). The number of carbonyl (C=O) groups excluding carboxylic acids is 3. The van der Waals surface area contributed by atoms with Crippen molar-refractivity contribution in [2.45, 2.75) is 50.5 Å². The highest BCUT2D eigenvalue weighted by molar-refractivity contribution is 6.19. The number of hydrogen-bond acceptors (Lipinski definition) is 6. The number of methoxy groups -OCH3 is 1. The second-order valence-electron chi connectivity index (χ2n) is 11.1. The smallest absolute Gasteiger partial charge is 0.256 e. The second-order valence-corrected chi connectivity index (χ2v) is 11.4. The Morgan fingerprint density at radius 3 is 2.69 bits per heavy atom. The zero-order chi connectivity index (χ0) is 29.4. The van der Waals surface area contributed by atoms with Crippen molar-refractivity contribution in [3.63, 3.8) is 0 Å². The highest BCUT2D eigenvalue weighted by Crippen LogP contribution is 2.45. The van der Waals surface area contributed by atoms with Crippen LogP contribution in [0.5, 0.6) is 17.2 Å². The zero-order valence-corrected chi connectivity index (χ0v) is 24.3. The SMILES string of the molecule is COc1cc2c(cc1OCCCCCC(=O)N1C[C@@H](CCl)c3c1cc(O)c1ccccc31)NC(=O)[C@@H]1CCCN1C2=O. The van der Waals surface area contributed by atoms with Crippen molar-refractivity contribution in [3.05, 3.63) is 53.6 Å². The van der Waals surface area contributed by atoms with Gasteiger partial charge in [-0.2, -0.15) is 0 Å². The average molecular weight is 592 g/mol. The van der Waals surface area contributed by atoms with Crippen LogP contribution in [0.15, 0.2) is 42.5 Å². The Bertz CT molecular complexity index is 1560. The van der Waals surface area contributed by atoms with E-state index in [1.165, 1.54) is 7.11 Å². The number of amides is 3. The van der Waals surface area contributed by atoms with Crippen LogP contribution in [0, 0.1) is 0 Å². The molecule has 3 aromatic rings. The molecule has 220 valence electrons. The van der Waals surface area contributed by atoms with Crippen LogP contribution in [0.1, 0.15) is 60.4 Å². The predicted octanol–water partition coefficient (Wildman–Crippen LogP) is 5.42. The minimum absolute atomic E-state index is 0.00723. The number of anilines is 2. The maximum Gasteiger partial charge on any atom is 0.256 e. The first kappa shape index (κ1) is 28.2. The Morgan fingerprint density at radius 2 is 1.90 bits per heavy atom. The Morgan fingerprint density at radius 1 is 1.10 bits per heavy atom. The summed E-state index contributed by atoms with van der Waals surface area (Å²) in [5.74, 6) is 1.10. The van der Waals surface area contributed by atoms with Crippen molar-refractivity contribution in [1.82, 2.24) is 4.90 Å². The lowest BCUT2D eigenvalue weighted by atomic mass is 9.95. The number of nitrogens with zero attached hydrogens (tertiary/aromatic N) is 2. The van der Waals surface area contributed by atoms with Gasteiger partial charge in [-0.3, -0.25) is 14.4 Å². The fourth-order valence-corrected chi connectivity index (χ4v) is 6.68. The van der Waals surface area contributed by atoms with Crippen molar-refractivity contribution in [3.8, 4) is 17.2 Å². The van der Waals surface area contributed by atoms with Gasteiger partial charge in [0.25, 0.3) is 5.91 Å². The number of phenols is 1. The van der Waals surface area contributed by atoms with E-state index in [2.05, 4.69) is 5.32 Å². The number of hydrogen-bond donors (Lipinski definition) is 2. The summed E-state index contributed by atoms with van der Waals surface area (Å²) in [6.45, 7) is 1.46. The van der Waals surface area contributed by atoms with Gasteiger partial charge in [-0.15, -0.1) is 11.6 Å². The first-order valence-corrected chi connectivity index (χ1v) is 15.0. The molecule has 0 saturated carbocycles. The molecule has 10 heteroatoms. The van der Waals surface area contributed by atoms with Crippen molar-refractivity contribution in [2.75, 3.05) is 42.9 Å². The molecule has 42 heavy (non-hydrogen) atoms. The lowest BCUT2D eigenvalue weighted by Crippen LogP contribution is -2.40. The third-order valence-corrected chi connectivity index (χ3v) is 8.91. The third kappa shape index (κ3) is 5.00. The molecule has 0 aliphatic carbocycles. The number of fused-ring (bicyclic) bond motifs is 5. The number of benzene rings is 3. The Hall–Kier alpha value is -3.98. The molecule has 0 aromatic heterocycles. The monoisotopic (exact) mass is 591 g/mol. The molecule has 3 amide bonds. The Labute approximate surface area is 249 Å². The standard InChI is InChI=1S/C32H34ClN3O6/c1-41-27-14-22-23(34-31(39)24-10-7-12-35(24)32(22)40)15-28(27)42-13-6-2-3-11-29(38)36-18-19(17-33)30-21-9-5-4-8-20(21)26(37)16-25(30)36/h4-5,8-9,14-16,19,24,37H,2-3,6-7,10-13,17-18H2,1H3,(H,34,39)/t19-,24+/m1/s1. The molecule has 3 aliphatic heterocycles. The van der Waals surface area contributed by atoms with Gasteiger partial charge in [-0.25, -0.2) is 0 Å². The van der Waals surface area contributed by atoms with Gasteiger partial charge < -0.3 is 29.7 Å². The van der Waals surface area contributed by atoms with Gasteiger partial charge >= 0.3 is 0 Å². The van der Waals surface area contributed by atoms with E-state index in [-0.39, 0.29) is 29.4 Å². The van der Waals surface area contributed by atoms with E-state index in [0.717, 1.165) is 34.9 Å². The summed E-state index contributed by atoms with van der Waals surface area (Å²) >= 11 is 6.30. The number of carbonyl (C=O) groups is 3. The number of aromatic hydroxyl groups is 1. The van der Waals surface area contributed by atoms with E-state index in [1.54, 1.807) is 28.0 Å². The Balaban J connectivity index is 1.05. The first-order valence-electron chi connectivity index (χ1n) is 14.5. The summed E-state index contributed by atoms with van der Waals surface area (Å²) in [7, 11) is 1.52. The number of phenolic OH excluding ortho intramolecular Hbond substituents is 1. The van der Waals surface area contributed by atoms with E-state index in [1.807, 2.05) is 24.3 Å². The molecular weight excluding hydrogens is 558 g/mol. The number of unbranched alkanes of at least 4 members (excludes halogenated alkanes) is 2. The van der Waals surface area contributed by atoms with Crippen LogP contribution in [0.2, 0.25) is 0 Å². The number of alkyl halides is 1. The lowest BCUT2D eigenvalue weighted by molar-refractivity contribution is -0.120. The van der Waals surface area contributed by atoms with Crippen molar-refractivity contribution >= 4 is 51.5 Å². The third-order valence-electron chi connectivity index (χ3n) is 8.53. The van der Waals surface area contributed by atoms with E-state index < -0.39 is 6.04 Å². The van der Waals surface area contributed by atoms with Gasteiger partial charge in [-0.1, -0.05) is 24.3 Å². The normalized spacial score (nSPS) is 19.3. The van der Waals surface area contributed by atoms with Crippen molar-refractivity contribution in [1.29, 1.82) is 0 Å². The summed E-state index contributed by atoms with van der Waals surface area (Å²) in [5.41, 5.74) is 2.59. The molecule has 0 unspecified atom stereocenters. The number of nitrogens with one attached hydrogen (secondary N) is 1. The molecule has 3 aromatic carbocycles. The molecule has 0 radical (unpaired) electrons. The van der Waals surface area contributed by atoms with Crippen LogP contribution in [-0.2, 0) is 9.59 Å². The van der Waals surface area contributed by atoms with Crippen LogP contribution < -0.4 is 19.7 Å². The maximum absolute atomic E-state index is 13.2. The molecule has 3 aliphatic rings. The molecule has 3 heterocycles. The molecule has 0 spiro atoms. The minimum atomic E-state index is -0.442. The fraction of sp³-hybridized carbons (Fsp3) is 0.406. The molecular formula is C32H34ClN3O6. The Kier molecular flexibility index (Phi) is 7.86. The van der Waals surface area contributed by atoms with E-state index in [0.29, 0.717) is 74.0 Å². The van der Waals surface area contributed by atoms with Crippen LogP contribution in [-0.4, -0.2) is 66.5 Å². The summed E-state index contributed by atoms with van der Waals surface area (Å²) in [6.07, 6.45) is 4.00. The van der Waals surface area contributed by atoms with Crippen molar-refractivity contribution in [2.24, 2.45) is 0 Å². The summed E-state index contributed by atoms with van der Waals surface area (Å²) in [5, 5.41) is 15.2. The molecule has 1 fully saturated rings. The van der Waals surface area contributed by atoms with Gasteiger partial charge in [0.15, 0.2) is 11.5 Å². The lowest BCUT2D eigenvalue weighted by Gasteiger charge is -2.20. The summed E-state index contributed by atoms with van der Waals surface area (Å²) in [6, 6.07) is 12.2. The zero-order valence-electron chi connectivity index (χ0n) is 23.5. The number of rotatable bonds is 9. The first-order chi connectivity index (χ1) is 20.4. The molecule has 1 saturated heterocycles. The number of halogens is 1. The highest BCUT2D eigenvalue weighted by atomic mass is 35.5. The van der Waals surface area contributed by atoms with Gasteiger partial charge in [0.1, 0.15) is 11.8 Å². The molecule has 0 bridgehead atoms. The topological polar surface area (TPSA) is 108 Å². The van der Waals surface area contributed by atoms with Crippen LogP contribution in [0.4, 0.5) is 11.4 Å². The van der Waals surface area contributed by atoms with E-state index >= 15 is 0 Å². The summed E-state index contributed by atoms with van der Waals surface area (Å²) < 4.78 is 11.5. The van der Waals surface area contributed by atoms with Crippen molar-refractivity contribution < 1.29 is 29.0 Å². The fourth-order valence-electron chi connectivity index (χ4n) is 6.43. The van der Waals surface area contributed by atoms with Crippen LogP contribution in [0.25, 0.3) is 10.8 Å². The average Bonchev–Trinajstić information content (AvgIpc) is 3.62. The molecule has 9 nitrogen and oxygen atoms in total.